The predicted octanol–water partition coefficient (Wildman–Crippen LogP) is 3.45. The van der Waals surface area contributed by atoms with Crippen LogP contribution in [0.4, 0.5) is 0 Å². The van der Waals surface area contributed by atoms with Gasteiger partial charge in [-0.25, -0.2) is 9.97 Å². The first kappa shape index (κ1) is 11.3. The summed E-state index contributed by atoms with van der Waals surface area (Å²) in [5.74, 6) is 0.840. The molecule has 2 aromatic rings. The second-order valence-electron chi connectivity index (χ2n) is 3.85. The van der Waals surface area contributed by atoms with Crippen LogP contribution in [0.1, 0.15) is 22.8 Å². The summed E-state index contributed by atoms with van der Waals surface area (Å²) in [5, 5.41) is 0. The Morgan fingerprint density at radius 3 is 2.38 bits per heavy atom. The number of benzene rings is 1. The molecule has 0 aliphatic carbocycles. The van der Waals surface area contributed by atoms with E-state index in [9.17, 15) is 0 Å². The standard InChI is InChI=1S/C13H13BrN2/c1-9-7-13(16-10(2)15-9)8-11-3-5-12(14)6-4-11/h3-7H,8H2,1-2H3. The number of hydrogen-bond donors (Lipinski definition) is 0. The number of aromatic nitrogens is 2. The van der Waals surface area contributed by atoms with Crippen LogP contribution in [0.25, 0.3) is 0 Å². The molecule has 0 radical (unpaired) electrons. The van der Waals surface area contributed by atoms with Gasteiger partial charge in [-0.15, -0.1) is 0 Å². The van der Waals surface area contributed by atoms with Gasteiger partial charge < -0.3 is 0 Å². The van der Waals surface area contributed by atoms with E-state index < -0.39 is 0 Å². The van der Waals surface area contributed by atoms with Crippen molar-refractivity contribution in [3.63, 3.8) is 0 Å². The summed E-state index contributed by atoms with van der Waals surface area (Å²) in [6.07, 6.45) is 0.859. The lowest BCUT2D eigenvalue weighted by Crippen LogP contribution is -1.98. The molecule has 2 nitrogen and oxygen atoms in total. The summed E-state index contributed by atoms with van der Waals surface area (Å²) in [6.45, 7) is 3.93. The van der Waals surface area contributed by atoms with Crippen molar-refractivity contribution in [2.24, 2.45) is 0 Å². The monoisotopic (exact) mass is 276 g/mol. The molecule has 0 amide bonds. The molecule has 0 saturated heterocycles. The SMILES string of the molecule is Cc1cc(Cc2ccc(Br)cc2)nc(C)n1. The number of hydrogen-bond acceptors (Lipinski definition) is 2. The highest BCUT2D eigenvalue weighted by Crippen LogP contribution is 2.13. The van der Waals surface area contributed by atoms with Gasteiger partial charge in [0.2, 0.25) is 0 Å². The average Bonchev–Trinajstić information content (AvgIpc) is 2.20. The van der Waals surface area contributed by atoms with Crippen LogP contribution in [0.2, 0.25) is 0 Å². The molecule has 2 rings (SSSR count). The Balaban J connectivity index is 2.23. The fourth-order valence-corrected chi connectivity index (χ4v) is 1.96. The number of halogens is 1. The van der Waals surface area contributed by atoms with Gasteiger partial charge in [0.15, 0.2) is 0 Å². The van der Waals surface area contributed by atoms with Gasteiger partial charge in [0, 0.05) is 22.3 Å². The van der Waals surface area contributed by atoms with Crippen LogP contribution in [0.5, 0.6) is 0 Å². The van der Waals surface area contributed by atoms with Crippen molar-refractivity contribution >= 4 is 15.9 Å². The Labute approximate surface area is 104 Å². The summed E-state index contributed by atoms with van der Waals surface area (Å²) in [7, 11) is 0. The molecule has 0 spiro atoms. The molecule has 16 heavy (non-hydrogen) atoms. The van der Waals surface area contributed by atoms with Gasteiger partial charge in [0.25, 0.3) is 0 Å². The smallest absolute Gasteiger partial charge is 0.125 e. The molecule has 0 aliphatic heterocycles. The lowest BCUT2D eigenvalue weighted by atomic mass is 10.1. The van der Waals surface area contributed by atoms with Gasteiger partial charge in [-0.2, -0.15) is 0 Å². The second kappa shape index (κ2) is 4.74. The van der Waals surface area contributed by atoms with Crippen molar-refractivity contribution in [3.05, 3.63) is 57.6 Å². The van der Waals surface area contributed by atoms with Crippen molar-refractivity contribution in [3.8, 4) is 0 Å². The molecule has 0 bridgehead atoms. The molecule has 3 heteroatoms. The van der Waals surface area contributed by atoms with Crippen LogP contribution >= 0.6 is 15.9 Å². The first-order chi connectivity index (χ1) is 7.63. The molecule has 0 unspecified atom stereocenters. The van der Waals surface area contributed by atoms with Crippen molar-refractivity contribution in [2.75, 3.05) is 0 Å². The number of rotatable bonds is 2. The average molecular weight is 277 g/mol. The minimum Gasteiger partial charge on any atom is -0.239 e. The zero-order valence-electron chi connectivity index (χ0n) is 9.37. The Hall–Kier alpha value is -1.22. The number of aryl methyl sites for hydroxylation is 2. The molecular weight excluding hydrogens is 264 g/mol. The van der Waals surface area contributed by atoms with Crippen molar-refractivity contribution < 1.29 is 0 Å². The fraction of sp³-hybridized carbons (Fsp3) is 0.231. The Morgan fingerprint density at radius 1 is 1.06 bits per heavy atom. The van der Waals surface area contributed by atoms with Crippen LogP contribution in [0.3, 0.4) is 0 Å². The zero-order chi connectivity index (χ0) is 11.5. The van der Waals surface area contributed by atoms with E-state index in [-0.39, 0.29) is 0 Å². The van der Waals surface area contributed by atoms with Gasteiger partial charge in [-0.3, -0.25) is 0 Å². The van der Waals surface area contributed by atoms with Crippen LogP contribution in [0.15, 0.2) is 34.8 Å². The van der Waals surface area contributed by atoms with Gasteiger partial charge in [0.05, 0.1) is 0 Å². The van der Waals surface area contributed by atoms with E-state index in [0.717, 1.165) is 28.1 Å². The van der Waals surface area contributed by atoms with Crippen molar-refractivity contribution in [1.82, 2.24) is 9.97 Å². The first-order valence-corrected chi connectivity index (χ1v) is 5.98. The first-order valence-electron chi connectivity index (χ1n) is 5.19. The third-order valence-corrected chi connectivity index (χ3v) is 2.85. The molecule has 1 heterocycles. The van der Waals surface area contributed by atoms with Gasteiger partial charge >= 0.3 is 0 Å². The maximum absolute atomic E-state index is 4.43. The summed E-state index contributed by atoms with van der Waals surface area (Å²) in [4.78, 5) is 8.70. The summed E-state index contributed by atoms with van der Waals surface area (Å²) < 4.78 is 1.10. The highest BCUT2D eigenvalue weighted by molar-refractivity contribution is 9.10. The summed E-state index contributed by atoms with van der Waals surface area (Å²) in [5.41, 5.74) is 3.37. The zero-order valence-corrected chi connectivity index (χ0v) is 11.0. The third kappa shape index (κ3) is 2.89. The van der Waals surface area contributed by atoms with E-state index in [4.69, 9.17) is 0 Å². The van der Waals surface area contributed by atoms with Crippen molar-refractivity contribution in [2.45, 2.75) is 20.3 Å². The second-order valence-corrected chi connectivity index (χ2v) is 4.77. The topological polar surface area (TPSA) is 25.8 Å². The van der Waals surface area contributed by atoms with Crippen molar-refractivity contribution in [1.29, 1.82) is 0 Å². The molecule has 0 N–H and O–H groups in total. The lowest BCUT2D eigenvalue weighted by molar-refractivity contribution is 0.942. The number of nitrogens with zero attached hydrogens (tertiary/aromatic N) is 2. The van der Waals surface area contributed by atoms with Crippen LogP contribution in [-0.2, 0) is 6.42 Å². The minimum atomic E-state index is 0.840. The van der Waals surface area contributed by atoms with E-state index in [1.807, 2.05) is 19.9 Å². The van der Waals surface area contributed by atoms with Crippen LogP contribution in [-0.4, -0.2) is 9.97 Å². The molecular formula is C13H13BrN2. The molecule has 1 aromatic carbocycles. The van der Waals surface area contributed by atoms with E-state index in [0.29, 0.717) is 0 Å². The molecule has 0 fully saturated rings. The highest BCUT2D eigenvalue weighted by Gasteiger charge is 2.00. The Morgan fingerprint density at radius 2 is 1.75 bits per heavy atom. The lowest BCUT2D eigenvalue weighted by Gasteiger charge is -2.03. The van der Waals surface area contributed by atoms with E-state index in [1.54, 1.807) is 0 Å². The Bertz CT molecular complexity index is 472. The highest BCUT2D eigenvalue weighted by atomic mass is 79.9. The molecule has 0 aliphatic rings. The molecule has 1 aromatic heterocycles. The fourth-order valence-electron chi connectivity index (χ4n) is 1.70. The van der Waals surface area contributed by atoms with E-state index in [1.165, 1.54) is 5.56 Å². The van der Waals surface area contributed by atoms with Crippen LogP contribution < -0.4 is 0 Å². The van der Waals surface area contributed by atoms with Crippen LogP contribution in [0, 0.1) is 13.8 Å². The van der Waals surface area contributed by atoms with E-state index >= 15 is 0 Å². The third-order valence-electron chi connectivity index (χ3n) is 2.32. The minimum absolute atomic E-state index is 0.840. The van der Waals surface area contributed by atoms with Gasteiger partial charge in [0.1, 0.15) is 5.82 Å². The summed E-state index contributed by atoms with van der Waals surface area (Å²) in [6, 6.07) is 10.4. The predicted molar refractivity (Wildman–Crippen MR) is 68.5 cm³/mol. The quantitative estimate of drug-likeness (QED) is 0.840. The molecule has 0 saturated carbocycles. The Kier molecular flexibility index (Phi) is 3.34. The maximum Gasteiger partial charge on any atom is 0.125 e. The maximum atomic E-state index is 4.43. The molecule has 82 valence electrons. The van der Waals surface area contributed by atoms with Gasteiger partial charge in [-0.1, -0.05) is 28.1 Å². The van der Waals surface area contributed by atoms with Gasteiger partial charge in [-0.05, 0) is 37.6 Å². The largest absolute Gasteiger partial charge is 0.239 e. The van der Waals surface area contributed by atoms with E-state index in [2.05, 4.69) is 50.2 Å². The normalized spacial score (nSPS) is 10.4. The molecule has 0 atom stereocenters. The summed E-state index contributed by atoms with van der Waals surface area (Å²) >= 11 is 3.43.